The van der Waals surface area contributed by atoms with Crippen molar-refractivity contribution in [3.05, 3.63) is 12.4 Å². The van der Waals surface area contributed by atoms with Gasteiger partial charge in [0.15, 0.2) is 0 Å². The van der Waals surface area contributed by atoms with Gasteiger partial charge in [-0.05, 0) is 44.4 Å². The maximum atomic E-state index is 15.1. The first-order valence-corrected chi connectivity index (χ1v) is 13.6. The van der Waals surface area contributed by atoms with E-state index in [1.807, 2.05) is 6.07 Å². The van der Waals surface area contributed by atoms with E-state index in [-0.39, 0.29) is 24.7 Å². The zero-order chi connectivity index (χ0) is 27.0. The van der Waals surface area contributed by atoms with E-state index in [4.69, 9.17) is 0 Å². The Morgan fingerprint density at radius 3 is 2.68 bits per heavy atom. The molecule has 3 aliphatic heterocycles. The second-order valence-electron chi connectivity index (χ2n) is 11.3. The number of carbonyl (C=O) groups is 3. The lowest BCUT2D eigenvalue weighted by molar-refractivity contribution is -0.194. The Morgan fingerprint density at radius 2 is 2.05 bits per heavy atom. The fourth-order valence-corrected chi connectivity index (χ4v) is 6.36. The number of nitrogens with zero attached hydrogens (tertiary/aromatic N) is 4. The molecule has 6 rings (SSSR count). The number of hydrogen-bond acceptors (Lipinski definition) is 6. The van der Waals surface area contributed by atoms with Crippen LogP contribution in [0.1, 0.15) is 57.8 Å². The SMILES string of the molecule is Cn1cc(N[C@H](CC2CC2)C(=O)N2[C@H]3CC[C@@H]([C@H]2C(=O)N[C@H](C#N)C[C@H]2CCCNC2=O)C(F)(F)C3)cn1. The van der Waals surface area contributed by atoms with E-state index in [9.17, 15) is 19.6 Å². The number of carbonyl (C=O) groups excluding carboxylic acids is 3. The van der Waals surface area contributed by atoms with Crippen LogP contribution in [0.25, 0.3) is 0 Å². The second-order valence-corrected chi connectivity index (χ2v) is 11.3. The molecule has 2 aliphatic carbocycles. The number of nitriles is 1. The molecular weight excluding hydrogens is 496 g/mol. The normalized spacial score (nSPS) is 29.6. The summed E-state index contributed by atoms with van der Waals surface area (Å²) in [5.41, 5.74) is 0.648. The van der Waals surface area contributed by atoms with E-state index < -0.39 is 54.3 Å². The molecule has 3 N–H and O–H groups in total. The smallest absolute Gasteiger partial charge is 0.255 e. The molecule has 0 aromatic carbocycles. The van der Waals surface area contributed by atoms with Gasteiger partial charge < -0.3 is 20.9 Å². The van der Waals surface area contributed by atoms with Gasteiger partial charge in [0.25, 0.3) is 5.92 Å². The number of amides is 3. The number of anilines is 1. The first-order chi connectivity index (χ1) is 18.2. The van der Waals surface area contributed by atoms with E-state index in [0.29, 0.717) is 37.4 Å². The van der Waals surface area contributed by atoms with Crippen molar-refractivity contribution in [2.45, 2.75) is 87.9 Å². The number of aromatic nitrogens is 2. The van der Waals surface area contributed by atoms with Crippen molar-refractivity contribution in [3.63, 3.8) is 0 Å². The number of piperidine rings is 3. The van der Waals surface area contributed by atoms with Gasteiger partial charge >= 0.3 is 0 Å². The third-order valence-corrected chi connectivity index (χ3v) is 8.46. The molecular formula is C26H35F2N7O3. The van der Waals surface area contributed by atoms with E-state index in [1.165, 1.54) is 4.90 Å². The number of alkyl halides is 2. The van der Waals surface area contributed by atoms with Gasteiger partial charge in [-0.25, -0.2) is 8.78 Å². The zero-order valence-corrected chi connectivity index (χ0v) is 21.5. The summed E-state index contributed by atoms with van der Waals surface area (Å²) in [6.07, 6.45) is 7.44. The second kappa shape index (κ2) is 10.5. The molecule has 0 unspecified atom stereocenters. The standard InChI is InChI=1S/C26H35F2N7O3/c1-34-14-18(13-31-34)32-21(9-15-4-5-15)25(38)35-19-6-7-20(26(27,28)11-19)22(35)24(37)33-17(12-29)10-16-3-2-8-30-23(16)36/h13-17,19-22,32H,2-11H2,1H3,(H,30,36)(H,33,37)/t16-,17+,19+,20+,21-,22+/m1/s1. The number of halogens is 2. The van der Waals surface area contributed by atoms with Crippen LogP contribution in [0.4, 0.5) is 14.5 Å². The van der Waals surface area contributed by atoms with Crippen LogP contribution in [-0.4, -0.2) is 69.0 Å². The van der Waals surface area contributed by atoms with Crippen molar-refractivity contribution in [3.8, 4) is 6.07 Å². The Labute approximate surface area is 220 Å². The van der Waals surface area contributed by atoms with Crippen molar-refractivity contribution in [2.24, 2.45) is 24.8 Å². The molecule has 1 aromatic heterocycles. The Kier molecular flexibility index (Phi) is 7.29. The van der Waals surface area contributed by atoms with Crippen LogP contribution in [-0.2, 0) is 21.4 Å². The molecule has 5 fully saturated rings. The van der Waals surface area contributed by atoms with Gasteiger partial charge in [-0.15, -0.1) is 0 Å². The molecule has 12 heteroatoms. The van der Waals surface area contributed by atoms with Crippen LogP contribution in [0.2, 0.25) is 0 Å². The maximum absolute atomic E-state index is 15.1. The zero-order valence-electron chi connectivity index (χ0n) is 21.5. The number of aryl methyl sites for hydroxylation is 1. The summed E-state index contributed by atoms with van der Waals surface area (Å²) in [6.45, 7) is 0.575. The summed E-state index contributed by atoms with van der Waals surface area (Å²) >= 11 is 0. The van der Waals surface area contributed by atoms with Crippen molar-refractivity contribution < 1.29 is 23.2 Å². The highest BCUT2D eigenvalue weighted by Gasteiger charge is 2.61. The van der Waals surface area contributed by atoms with Gasteiger partial charge in [0, 0.05) is 38.2 Å². The van der Waals surface area contributed by atoms with Gasteiger partial charge in [0.05, 0.1) is 23.9 Å². The lowest BCUT2D eigenvalue weighted by atomic mass is 9.71. The molecule has 206 valence electrons. The first-order valence-electron chi connectivity index (χ1n) is 13.6. The molecule has 6 atom stereocenters. The Morgan fingerprint density at radius 1 is 1.26 bits per heavy atom. The third kappa shape index (κ3) is 5.47. The molecule has 2 bridgehead atoms. The van der Waals surface area contributed by atoms with Gasteiger partial charge in [-0.1, -0.05) is 12.8 Å². The van der Waals surface area contributed by atoms with Crippen molar-refractivity contribution in [1.29, 1.82) is 5.26 Å². The summed E-state index contributed by atoms with van der Waals surface area (Å²) in [5.74, 6) is -5.76. The van der Waals surface area contributed by atoms with E-state index in [2.05, 4.69) is 21.0 Å². The highest BCUT2D eigenvalue weighted by Crippen LogP contribution is 2.49. The minimum atomic E-state index is -3.09. The Hall–Kier alpha value is -3.23. The number of nitrogens with one attached hydrogen (secondary N) is 3. The predicted molar refractivity (Wildman–Crippen MR) is 133 cm³/mol. The fourth-order valence-electron chi connectivity index (χ4n) is 6.36. The molecule has 3 saturated heterocycles. The molecule has 3 amide bonds. The summed E-state index contributed by atoms with van der Waals surface area (Å²) in [7, 11) is 1.76. The van der Waals surface area contributed by atoms with Crippen LogP contribution >= 0.6 is 0 Å². The highest BCUT2D eigenvalue weighted by molar-refractivity contribution is 5.92. The molecule has 0 spiro atoms. The lowest BCUT2D eigenvalue weighted by Gasteiger charge is -2.54. The highest BCUT2D eigenvalue weighted by atomic mass is 19.3. The molecule has 2 saturated carbocycles. The fraction of sp³-hybridized carbons (Fsp3) is 0.731. The average molecular weight is 532 g/mol. The van der Waals surface area contributed by atoms with Crippen LogP contribution in [0.15, 0.2) is 12.4 Å². The quantitative estimate of drug-likeness (QED) is 0.446. The number of hydrogen-bond donors (Lipinski definition) is 3. The number of fused-ring (bicyclic) bond motifs is 3. The van der Waals surface area contributed by atoms with Gasteiger partial charge in [0.1, 0.15) is 18.1 Å². The third-order valence-electron chi connectivity index (χ3n) is 8.46. The molecule has 4 heterocycles. The summed E-state index contributed by atoms with van der Waals surface area (Å²) < 4.78 is 31.8. The van der Waals surface area contributed by atoms with Gasteiger partial charge in [0.2, 0.25) is 17.7 Å². The lowest BCUT2D eigenvalue weighted by Crippen LogP contribution is -2.70. The van der Waals surface area contributed by atoms with Crippen LogP contribution in [0, 0.1) is 29.1 Å². The van der Waals surface area contributed by atoms with E-state index >= 15 is 8.78 Å². The molecule has 0 radical (unpaired) electrons. The van der Waals surface area contributed by atoms with Crippen LogP contribution in [0.5, 0.6) is 0 Å². The van der Waals surface area contributed by atoms with Crippen molar-refractivity contribution >= 4 is 23.4 Å². The summed E-state index contributed by atoms with van der Waals surface area (Å²) in [4.78, 5) is 41.1. The topological polar surface area (TPSA) is 132 Å². The molecule has 5 aliphatic rings. The van der Waals surface area contributed by atoms with Crippen LogP contribution in [0.3, 0.4) is 0 Å². The maximum Gasteiger partial charge on any atom is 0.255 e. The summed E-state index contributed by atoms with van der Waals surface area (Å²) in [5, 5.41) is 22.5. The largest absolute Gasteiger partial charge is 0.371 e. The van der Waals surface area contributed by atoms with Gasteiger partial charge in [-0.3, -0.25) is 19.1 Å². The van der Waals surface area contributed by atoms with Gasteiger partial charge in [-0.2, -0.15) is 10.4 Å². The van der Waals surface area contributed by atoms with Crippen molar-refractivity contribution in [1.82, 2.24) is 25.3 Å². The molecule has 10 nitrogen and oxygen atoms in total. The Bertz CT molecular complexity index is 1110. The minimum absolute atomic E-state index is 0.103. The number of rotatable bonds is 9. The summed E-state index contributed by atoms with van der Waals surface area (Å²) in [6, 6.07) is -1.81. The molecule has 1 aromatic rings. The van der Waals surface area contributed by atoms with Crippen LogP contribution < -0.4 is 16.0 Å². The first kappa shape index (κ1) is 26.4. The van der Waals surface area contributed by atoms with E-state index in [1.54, 1.807) is 24.1 Å². The minimum Gasteiger partial charge on any atom is -0.371 e. The predicted octanol–water partition coefficient (Wildman–Crippen LogP) is 1.94. The average Bonchev–Trinajstić information content (AvgIpc) is 3.61. The van der Waals surface area contributed by atoms with E-state index in [0.717, 1.165) is 19.3 Å². The monoisotopic (exact) mass is 531 g/mol. The Balaban J connectivity index is 1.37. The molecule has 38 heavy (non-hydrogen) atoms. The van der Waals surface area contributed by atoms with Crippen molar-refractivity contribution in [2.75, 3.05) is 11.9 Å².